The molecule has 4 nitrogen and oxygen atoms in total. The third kappa shape index (κ3) is 1.52. The van der Waals surface area contributed by atoms with Crippen LogP contribution in [0.2, 0.25) is 0 Å². The number of nitrogens with zero attached hydrogens (tertiary/aromatic N) is 3. The zero-order valence-electron chi connectivity index (χ0n) is 7.88. The second kappa shape index (κ2) is 3.59. The van der Waals surface area contributed by atoms with Crippen LogP contribution in [-0.2, 0) is 6.61 Å². The lowest BCUT2D eigenvalue weighted by atomic mass is 10.2. The van der Waals surface area contributed by atoms with Crippen LogP contribution in [0.3, 0.4) is 0 Å². The number of pyridine rings is 1. The maximum Gasteiger partial charge on any atom is 0.153 e. The summed E-state index contributed by atoms with van der Waals surface area (Å²) in [7, 11) is 0. The van der Waals surface area contributed by atoms with Crippen molar-refractivity contribution in [3.63, 3.8) is 0 Å². The fraction of sp³-hybridized carbons (Fsp3) is 0.200. The van der Waals surface area contributed by atoms with Gasteiger partial charge >= 0.3 is 0 Å². The number of hydrogen-bond acceptors (Lipinski definition) is 3. The van der Waals surface area contributed by atoms with E-state index in [1.54, 1.807) is 10.9 Å². The minimum absolute atomic E-state index is 0.0260. The highest BCUT2D eigenvalue weighted by molar-refractivity contribution is 5.28. The van der Waals surface area contributed by atoms with E-state index in [1.807, 2.05) is 31.3 Å². The van der Waals surface area contributed by atoms with Crippen LogP contribution in [0.1, 0.15) is 11.3 Å². The minimum Gasteiger partial charge on any atom is -0.392 e. The van der Waals surface area contributed by atoms with E-state index in [2.05, 4.69) is 10.1 Å². The molecule has 0 saturated carbocycles. The molecule has 0 aromatic carbocycles. The van der Waals surface area contributed by atoms with E-state index < -0.39 is 0 Å². The van der Waals surface area contributed by atoms with Gasteiger partial charge in [-0.2, -0.15) is 5.10 Å². The SMILES string of the molecule is Cc1nc(-n2cccn2)ccc1CO. The number of aliphatic hydroxyl groups excluding tert-OH is 1. The Morgan fingerprint density at radius 2 is 2.29 bits per heavy atom. The molecule has 0 aliphatic carbocycles. The summed E-state index contributed by atoms with van der Waals surface area (Å²) in [4.78, 5) is 4.33. The molecule has 2 heterocycles. The van der Waals surface area contributed by atoms with Crippen LogP contribution in [0.15, 0.2) is 30.6 Å². The molecule has 1 N–H and O–H groups in total. The normalized spacial score (nSPS) is 10.4. The molecule has 0 spiro atoms. The summed E-state index contributed by atoms with van der Waals surface area (Å²) in [5.74, 6) is 0.768. The van der Waals surface area contributed by atoms with E-state index in [4.69, 9.17) is 5.11 Å². The first-order valence-corrected chi connectivity index (χ1v) is 4.38. The molecule has 72 valence electrons. The van der Waals surface area contributed by atoms with Crippen molar-refractivity contribution in [1.82, 2.24) is 14.8 Å². The Hall–Kier alpha value is -1.68. The van der Waals surface area contributed by atoms with Crippen molar-refractivity contribution in [3.8, 4) is 5.82 Å². The van der Waals surface area contributed by atoms with Gasteiger partial charge in [0.15, 0.2) is 5.82 Å². The summed E-state index contributed by atoms with van der Waals surface area (Å²) in [6.07, 6.45) is 3.54. The van der Waals surface area contributed by atoms with Crippen molar-refractivity contribution in [2.45, 2.75) is 13.5 Å². The first kappa shape index (κ1) is 8.90. The molecule has 0 aliphatic rings. The molecular formula is C10H11N3O. The monoisotopic (exact) mass is 189 g/mol. The molecule has 14 heavy (non-hydrogen) atoms. The Bertz CT molecular complexity index is 423. The highest BCUT2D eigenvalue weighted by Crippen LogP contribution is 2.09. The maximum absolute atomic E-state index is 8.98. The molecule has 2 aromatic heterocycles. The van der Waals surface area contributed by atoms with Gasteiger partial charge in [0.05, 0.1) is 6.61 Å². The Morgan fingerprint density at radius 1 is 1.43 bits per heavy atom. The topological polar surface area (TPSA) is 50.9 Å². The van der Waals surface area contributed by atoms with Crippen molar-refractivity contribution in [2.24, 2.45) is 0 Å². The number of rotatable bonds is 2. The van der Waals surface area contributed by atoms with Crippen LogP contribution in [0.25, 0.3) is 5.82 Å². The molecule has 0 atom stereocenters. The van der Waals surface area contributed by atoms with E-state index in [0.717, 1.165) is 17.1 Å². The predicted molar refractivity (Wildman–Crippen MR) is 52.0 cm³/mol. The zero-order chi connectivity index (χ0) is 9.97. The van der Waals surface area contributed by atoms with Gasteiger partial charge in [-0.05, 0) is 24.6 Å². The quantitative estimate of drug-likeness (QED) is 0.768. The van der Waals surface area contributed by atoms with E-state index in [1.165, 1.54) is 0 Å². The molecule has 0 saturated heterocycles. The summed E-state index contributed by atoms with van der Waals surface area (Å²) in [5.41, 5.74) is 1.68. The lowest BCUT2D eigenvalue weighted by Crippen LogP contribution is -2.01. The highest BCUT2D eigenvalue weighted by Gasteiger charge is 2.01. The maximum atomic E-state index is 8.98. The van der Waals surface area contributed by atoms with Crippen LogP contribution < -0.4 is 0 Å². The summed E-state index contributed by atoms with van der Waals surface area (Å²) < 4.78 is 1.69. The van der Waals surface area contributed by atoms with Gasteiger partial charge < -0.3 is 5.11 Å². The van der Waals surface area contributed by atoms with Crippen LogP contribution >= 0.6 is 0 Å². The number of aromatic nitrogens is 3. The van der Waals surface area contributed by atoms with E-state index in [0.29, 0.717) is 0 Å². The summed E-state index contributed by atoms with van der Waals surface area (Å²) in [6, 6.07) is 5.54. The smallest absolute Gasteiger partial charge is 0.153 e. The van der Waals surface area contributed by atoms with Crippen molar-refractivity contribution < 1.29 is 5.11 Å². The summed E-state index contributed by atoms with van der Waals surface area (Å²) in [5, 5.41) is 13.1. The number of aryl methyl sites for hydroxylation is 1. The van der Waals surface area contributed by atoms with Gasteiger partial charge in [0.1, 0.15) is 0 Å². The van der Waals surface area contributed by atoms with Crippen LogP contribution in [0.4, 0.5) is 0 Å². The van der Waals surface area contributed by atoms with Crippen molar-refractivity contribution in [3.05, 3.63) is 41.9 Å². The largest absolute Gasteiger partial charge is 0.392 e. The second-order valence-corrected chi connectivity index (χ2v) is 3.02. The lowest BCUT2D eigenvalue weighted by Gasteiger charge is -2.04. The van der Waals surface area contributed by atoms with Crippen LogP contribution in [-0.4, -0.2) is 19.9 Å². The molecule has 0 radical (unpaired) electrons. The van der Waals surface area contributed by atoms with Crippen molar-refractivity contribution >= 4 is 0 Å². The predicted octanol–water partition coefficient (Wildman–Crippen LogP) is 1.07. The number of hydrogen-bond donors (Lipinski definition) is 1. The Balaban J connectivity index is 2.43. The lowest BCUT2D eigenvalue weighted by molar-refractivity contribution is 0.280. The van der Waals surface area contributed by atoms with E-state index >= 15 is 0 Å². The molecule has 0 bridgehead atoms. The molecule has 0 aliphatic heterocycles. The van der Waals surface area contributed by atoms with Gasteiger partial charge in [0, 0.05) is 18.1 Å². The zero-order valence-corrected chi connectivity index (χ0v) is 7.88. The van der Waals surface area contributed by atoms with Gasteiger partial charge in [0.2, 0.25) is 0 Å². The number of aliphatic hydroxyl groups is 1. The van der Waals surface area contributed by atoms with E-state index in [-0.39, 0.29) is 6.61 Å². The fourth-order valence-corrected chi connectivity index (χ4v) is 1.28. The van der Waals surface area contributed by atoms with Crippen molar-refractivity contribution in [2.75, 3.05) is 0 Å². The average molecular weight is 189 g/mol. The van der Waals surface area contributed by atoms with E-state index in [9.17, 15) is 0 Å². The van der Waals surface area contributed by atoms with Gasteiger partial charge in [-0.25, -0.2) is 9.67 Å². The Kier molecular flexibility index (Phi) is 2.28. The molecule has 0 amide bonds. The van der Waals surface area contributed by atoms with Gasteiger partial charge in [-0.3, -0.25) is 0 Å². The van der Waals surface area contributed by atoms with Crippen LogP contribution in [0.5, 0.6) is 0 Å². The molecule has 0 fully saturated rings. The van der Waals surface area contributed by atoms with Gasteiger partial charge in [-0.15, -0.1) is 0 Å². The Morgan fingerprint density at radius 3 is 2.86 bits per heavy atom. The van der Waals surface area contributed by atoms with Crippen molar-refractivity contribution in [1.29, 1.82) is 0 Å². The molecule has 4 heteroatoms. The average Bonchev–Trinajstić information content (AvgIpc) is 2.70. The summed E-state index contributed by atoms with van der Waals surface area (Å²) in [6.45, 7) is 1.90. The first-order chi connectivity index (χ1) is 6.81. The summed E-state index contributed by atoms with van der Waals surface area (Å²) >= 11 is 0. The second-order valence-electron chi connectivity index (χ2n) is 3.02. The third-order valence-corrected chi connectivity index (χ3v) is 2.09. The first-order valence-electron chi connectivity index (χ1n) is 4.38. The fourth-order valence-electron chi connectivity index (χ4n) is 1.28. The third-order valence-electron chi connectivity index (χ3n) is 2.09. The molecule has 2 aromatic rings. The van der Waals surface area contributed by atoms with Gasteiger partial charge in [0.25, 0.3) is 0 Å². The highest BCUT2D eigenvalue weighted by atomic mass is 16.3. The molecule has 0 unspecified atom stereocenters. The Labute approximate surface area is 81.8 Å². The molecular weight excluding hydrogens is 178 g/mol. The minimum atomic E-state index is 0.0260. The van der Waals surface area contributed by atoms with Gasteiger partial charge in [-0.1, -0.05) is 6.07 Å². The molecule has 2 rings (SSSR count). The standard InChI is InChI=1S/C10H11N3O/c1-8-9(7-14)3-4-10(12-8)13-6-2-5-11-13/h2-6,14H,7H2,1H3. The van der Waals surface area contributed by atoms with Crippen LogP contribution in [0, 0.1) is 6.92 Å².